The van der Waals surface area contributed by atoms with Crippen LogP contribution in [0.25, 0.3) is 0 Å². The van der Waals surface area contributed by atoms with Gasteiger partial charge in [0.25, 0.3) is 5.91 Å². The lowest BCUT2D eigenvalue weighted by atomic mass is 10.1. The smallest absolute Gasteiger partial charge is 0.303 e. The van der Waals surface area contributed by atoms with E-state index in [1.54, 1.807) is 17.8 Å². The number of aromatic nitrogens is 2. The number of hydrogen-bond donors (Lipinski definition) is 2. The Kier molecular flexibility index (Phi) is 3.87. The maximum atomic E-state index is 12.1. The minimum Gasteiger partial charge on any atom is -0.481 e. The van der Waals surface area contributed by atoms with Crippen LogP contribution in [0.3, 0.4) is 0 Å². The molecule has 6 nitrogen and oxygen atoms in total. The van der Waals surface area contributed by atoms with Crippen LogP contribution in [0.2, 0.25) is 0 Å². The van der Waals surface area contributed by atoms with Crippen molar-refractivity contribution < 1.29 is 14.7 Å². The van der Waals surface area contributed by atoms with Gasteiger partial charge in [-0.15, -0.1) is 0 Å². The van der Waals surface area contributed by atoms with E-state index >= 15 is 0 Å². The lowest BCUT2D eigenvalue weighted by Crippen LogP contribution is -2.29. The molecule has 1 aromatic rings. The molecule has 19 heavy (non-hydrogen) atoms. The second kappa shape index (κ2) is 5.42. The first-order valence-electron chi connectivity index (χ1n) is 6.51. The van der Waals surface area contributed by atoms with E-state index in [0.29, 0.717) is 18.0 Å². The molecule has 104 valence electrons. The summed E-state index contributed by atoms with van der Waals surface area (Å²) in [5.74, 6) is -0.638. The molecular weight excluding hydrogens is 246 g/mol. The van der Waals surface area contributed by atoms with Crippen LogP contribution < -0.4 is 5.32 Å². The summed E-state index contributed by atoms with van der Waals surface area (Å²) in [7, 11) is 1.84. The Bertz CT molecular complexity index is 491. The summed E-state index contributed by atoms with van der Waals surface area (Å²) in [6.07, 6.45) is 3.86. The van der Waals surface area contributed by atoms with Gasteiger partial charge in [-0.05, 0) is 18.8 Å². The zero-order valence-electron chi connectivity index (χ0n) is 11.2. The number of carbonyl (C=O) groups is 2. The van der Waals surface area contributed by atoms with Gasteiger partial charge in [-0.1, -0.05) is 6.92 Å². The van der Waals surface area contributed by atoms with Crippen molar-refractivity contribution in [3.63, 3.8) is 0 Å². The Morgan fingerprint density at radius 1 is 1.58 bits per heavy atom. The highest BCUT2D eigenvalue weighted by molar-refractivity contribution is 5.95. The van der Waals surface area contributed by atoms with Crippen LogP contribution >= 0.6 is 0 Å². The maximum absolute atomic E-state index is 12.1. The predicted octanol–water partition coefficient (Wildman–Crippen LogP) is 1.14. The van der Waals surface area contributed by atoms with Gasteiger partial charge in [0.2, 0.25) is 0 Å². The number of hydrogen-bond acceptors (Lipinski definition) is 3. The van der Waals surface area contributed by atoms with Gasteiger partial charge in [-0.25, -0.2) is 0 Å². The fourth-order valence-electron chi connectivity index (χ4n) is 2.20. The summed E-state index contributed by atoms with van der Waals surface area (Å²) in [5, 5.41) is 15.6. The first-order valence-corrected chi connectivity index (χ1v) is 6.51. The van der Waals surface area contributed by atoms with Gasteiger partial charge >= 0.3 is 5.97 Å². The van der Waals surface area contributed by atoms with Crippen molar-refractivity contribution >= 4 is 11.9 Å². The van der Waals surface area contributed by atoms with Crippen molar-refractivity contribution in [2.75, 3.05) is 6.54 Å². The van der Waals surface area contributed by atoms with Crippen LogP contribution in [0.4, 0.5) is 0 Å². The lowest BCUT2D eigenvalue weighted by Gasteiger charge is -2.10. The molecule has 0 bridgehead atoms. The molecule has 1 amide bonds. The molecule has 1 atom stereocenters. The molecule has 0 aromatic carbocycles. The van der Waals surface area contributed by atoms with Gasteiger partial charge in [0.15, 0.2) is 0 Å². The largest absolute Gasteiger partial charge is 0.481 e. The van der Waals surface area contributed by atoms with Crippen molar-refractivity contribution in [3.05, 3.63) is 17.5 Å². The van der Waals surface area contributed by atoms with E-state index < -0.39 is 5.97 Å². The summed E-state index contributed by atoms with van der Waals surface area (Å²) in [6, 6.07) is 0. The third-order valence-corrected chi connectivity index (χ3v) is 3.33. The second-order valence-electron chi connectivity index (χ2n) is 5.25. The number of carbonyl (C=O) groups excluding carboxylic acids is 1. The molecule has 6 heteroatoms. The number of amides is 1. The van der Waals surface area contributed by atoms with Crippen molar-refractivity contribution in [3.8, 4) is 0 Å². The molecule has 2 rings (SSSR count). The van der Waals surface area contributed by atoms with E-state index in [-0.39, 0.29) is 18.2 Å². The molecule has 1 aliphatic rings. The molecule has 1 heterocycles. The minimum atomic E-state index is -0.846. The molecule has 0 saturated heterocycles. The van der Waals surface area contributed by atoms with E-state index in [9.17, 15) is 9.59 Å². The zero-order valence-corrected chi connectivity index (χ0v) is 11.2. The molecule has 1 unspecified atom stereocenters. The number of nitrogens with one attached hydrogen (secondary N) is 1. The van der Waals surface area contributed by atoms with Gasteiger partial charge in [-0.2, -0.15) is 5.10 Å². The second-order valence-corrected chi connectivity index (χ2v) is 5.25. The van der Waals surface area contributed by atoms with Crippen LogP contribution in [0.1, 0.15) is 48.2 Å². The van der Waals surface area contributed by atoms with Crippen molar-refractivity contribution in [2.45, 2.75) is 32.1 Å². The standard InChI is InChI=1S/C13H19N3O3/c1-8(5-11(17)18)6-14-13(19)10-7-15-16(2)12(10)9-3-4-9/h7-9H,3-6H2,1-2H3,(H,14,19)(H,17,18). The fraction of sp³-hybridized carbons (Fsp3) is 0.615. The van der Waals surface area contributed by atoms with Crippen molar-refractivity contribution in [1.82, 2.24) is 15.1 Å². The first-order chi connectivity index (χ1) is 8.99. The molecular formula is C13H19N3O3. The predicted molar refractivity (Wildman–Crippen MR) is 68.9 cm³/mol. The highest BCUT2D eigenvalue weighted by Crippen LogP contribution is 2.41. The number of aryl methyl sites for hydroxylation is 1. The normalized spacial score (nSPS) is 16.1. The Hall–Kier alpha value is -1.85. The summed E-state index contributed by atoms with van der Waals surface area (Å²) in [5.41, 5.74) is 1.61. The van der Waals surface area contributed by atoms with Gasteiger partial charge in [-0.3, -0.25) is 14.3 Å². The topological polar surface area (TPSA) is 84.2 Å². The number of nitrogens with zero attached hydrogens (tertiary/aromatic N) is 2. The SMILES string of the molecule is CC(CNC(=O)c1cnn(C)c1C1CC1)CC(=O)O. The zero-order chi connectivity index (χ0) is 14.0. The Balaban J connectivity index is 1.95. The van der Waals surface area contributed by atoms with Gasteiger partial charge in [0.05, 0.1) is 17.5 Å². The third kappa shape index (κ3) is 3.33. The highest BCUT2D eigenvalue weighted by Gasteiger charge is 2.31. The molecule has 0 spiro atoms. The van der Waals surface area contributed by atoms with E-state index in [0.717, 1.165) is 18.5 Å². The van der Waals surface area contributed by atoms with E-state index in [1.165, 1.54) is 0 Å². The summed E-state index contributed by atoms with van der Waals surface area (Å²) in [6.45, 7) is 2.17. The molecule has 1 aromatic heterocycles. The minimum absolute atomic E-state index is 0.0583. The summed E-state index contributed by atoms with van der Waals surface area (Å²) in [4.78, 5) is 22.6. The molecule has 0 radical (unpaired) electrons. The molecule has 1 saturated carbocycles. The van der Waals surface area contributed by atoms with Gasteiger partial charge in [0, 0.05) is 25.9 Å². The molecule has 2 N–H and O–H groups in total. The quantitative estimate of drug-likeness (QED) is 0.807. The number of carboxylic acid groups (broad SMARTS) is 1. The van der Waals surface area contributed by atoms with Gasteiger partial charge < -0.3 is 10.4 Å². The first kappa shape index (κ1) is 13.6. The average molecular weight is 265 g/mol. The van der Waals surface area contributed by atoms with E-state index in [2.05, 4.69) is 10.4 Å². The molecule has 1 fully saturated rings. The number of aliphatic carboxylic acids is 1. The Labute approximate surface area is 111 Å². The molecule has 0 aliphatic heterocycles. The van der Waals surface area contributed by atoms with Crippen molar-refractivity contribution in [1.29, 1.82) is 0 Å². The van der Waals surface area contributed by atoms with Crippen LogP contribution in [0.15, 0.2) is 6.20 Å². The average Bonchev–Trinajstić information content (AvgIpc) is 3.08. The van der Waals surface area contributed by atoms with E-state index in [1.807, 2.05) is 7.05 Å². The third-order valence-electron chi connectivity index (χ3n) is 3.33. The number of carboxylic acids is 1. The number of rotatable bonds is 6. The Morgan fingerprint density at radius 3 is 2.84 bits per heavy atom. The van der Waals surface area contributed by atoms with Gasteiger partial charge in [0.1, 0.15) is 0 Å². The Morgan fingerprint density at radius 2 is 2.26 bits per heavy atom. The fourth-order valence-corrected chi connectivity index (χ4v) is 2.20. The van der Waals surface area contributed by atoms with Crippen LogP contribution in [-0.4, -0.2) is 33.3 Å². The van der Waals surface area contributed by atoms with Crippen LogP contribution in [0, 0.1) is 5.92 Å². The maximum Gasteiger partial charge on any atom is 0.303 e. The lowest BCUT2D eigenvalue weighted by molar-refractivity contribution is -0.137. The summed E-state index contributed by atoms with van der Waals surface area (Å²) >= 11 is 0. The van der Waals surface area contributed by atoms with E-state index in [4.69, 9.17) is 5.11 Å². The van der Waals surface area contributed by atoms with Crippen LogP contribution in [-0.2, 0) is 11.8 Å². The summed E-state index contributed by atoms with van der Waals surface area (Å²) < 4.78 is 1.76. The highest BCUT2D eigenvalue weighted by atomic mass is 16.4. The van der Waals surface area contributed by atoms with Crippen LogP contribution in [0.5, 0.6) is 0 Å². The monoisotopic (exact) mass is 265 g/mol. The molecule has 1 aliphatic carbocycles. The van der Waals surface area contributed by atoms with Crippen molar-refractivity contribution in [2.24, 2.45) is 13.0 Å².